The van der Waals surface area contributed by atoms with Crippen molar-refractivity contribution in [2.24, 2.45) is 0 Å². The van der Waals surface area contributed by atoms with Gasteiger partial charge in [-0.3, -0.25) is 0 Å². The molecule has 0 saturated heterocycles. The van der Waals surface area contributed by atoms with Crippen molar-refractivity contribution >= 4 is 0 Å². The highest BCUT2D eigenvalue weighted by atomic mass is 16.5. The minimum atomic E-state index is -0.250. The van der Waals surface area contributed by atoms with Crippen LogP contribution in [0, 0.1) is 0 Å². The second kappa shape index (κ2) is 9.73. The molecule has 0 bridgehead atoms. The molecule has 0 aliphatic carbocycles. The van der Waals surface area contributed by atoms with Gasteiger partial charge in [0.15, 0.2) is 0 Å². The maximum absolute atomic E-state index is 12.1. The van der Waals surface area contributed by atoms with E-state index in [9.17, 15) is 5.11 Å². The van der Waals surface area contributed by atoms with E-state index in [1.165, 1.54) is 0 Å². The van der Waals surface area contributed by atoms with Gasteiger partial charge in [0.05, 0.1) is 28.4 Å². The molecule has 35 heavy (non-hydrogen) atoms. The molecule has 0 saturated carbocycles. The van der Waals surface area contributed by atoms with Gasteiger partial charge in [0.1, 0.15) is 28.7 Å². The predicted octanol–water partition coefficient (Wildman–Crippen LogP) is 7.36. The average molecular weight is 479 g/mol. The zero-order valence-corrected chi connectivity index (χ0v) is 22.6. The Bertz CT molecular complexity index is 1120. The van der Waals surface area contributed by atoms with Crippen molar-refractivity contribution in [3.8, 4) is 51.0 Å². The van der Waals surface area contributed by atoms with Gasteiger partial charge in [-0.2, -0.15) is 0 Å². The SMILES string of the molecule is COc1ccc(-c2c(C(C)(C)C)cc(C(C)(C)C)c(-c3ccc(OC)cc3OC)c2O)c(OC)c1. The molecule has 0 spiro atoms. The number of ether oxygens (including phenoxy) is 4. The van der Waals surface area contributed by atoms with E-state index in [0.29, 0.717) is 23.0 Å². The second-order valence-corrected chi connectivity index (χ2v) is 10.7. The molecule has 0 heterocycles. The van der Waals surface area contributed by atoms with E-state index in [0.717, 1.165) is 33.4 Å². The highest BCUT2D eigenvalue weighted by Gasteiger charge is 2.32. The van der Waals surface area contributed by atoms with E-state index in [2.05, 4.69) is 47.6 Å². The number of hydrogen-bond donors (Lipinski definition) is 1. The standard InChI is InChI=1S/C30H38O5/c1-29(2,3)22-17-23(30(4,5)6)27(21-14-12-19(33-8)16-25(21)35-10)28(31)26(22)20-13-11-18(32-7)15-24(20)34-9/h11-17,31H,1-10H3. The van der Waals surface area contributed by atoms with Gasteiger partial charge in [0.2, 0.25) is 0 Å². The Balaban J connectivity index is 2.53. The lowest BCUT2D eigenvalue weighted by Gasteiger charge is -2.32. The van der Waals surface area contributed by atoms with Crippen LogP contribution in [0.25, 0.3) is 22.3 Å². The van der Waals surface area contributed by atoms with E-state index < -0.39 is 0 Å². The molecule has 0 radical (unpaired) electrons. The molecule has 3 aromatic carbocycles. The molecule has 0 fully saturated rings. The zero-order chi connectivity index (χ0) is 26.1. The summed E-state index contributed by atoms with van der Waals surface area (Å²) in [5, 5.41) is 12.1. The predicted molar refractivity (Wildman–Crippen MR) is 143 cm³/mol. The summed E-state index contributed by atoms with van der Waals surface area (Å²) in [6.07, 6.45) is 0. The third kappa shape index (κ3) is 5.04. The number of aromatic hydroxyl groups is 1. The van der Waals surface area contributed by atoms with Gasteiger partial charge >= 0.3 is 0 Å². The molecule has 5 nitrogen and oxygen atoms in total. The molecule has 0 amide bonds. The topological polar surface area (TPSA) is 57.2 Å². The van der Waals surface area contributed by atoms with Crippen molar-refractivity contribution in [1.29, 1.82) is 0 Å². The van der Waals surface area contributed by atoms with Crippen molar-refractivity contribution in [2.75, 3.05) is 28.4 Å². The van der Waals surface area contributed by atoms with E-state index in [1.54, 1.807) is 28.4 Å². The third-order valence-corrected chi connectivity index (χ3v) is 6.27. The fraction of sp³-hybridized carbons (Fsp3) is 0.400. The van der Waals surface area contributed by atoms with E-state index in [4.69, 9.17) is 18.9 Å². The summed E-state index contributed by atoms with van der Waals surface area (Å²) in [4.78, 5) is 0. The Morgan fingerprint density at radius 2 is 0.914 bits per heavy atom. The van der Waals surface area contributed by atoms with E-state index >= 15 is 0 Å². The van der Waals surface area contributed by atoms with Crippen LogP contribution in [-0.2, 0) is 10.8 Å². The van der Waals surface area contributed by atoms with Gasteiger partial charge in [-0.25, -0.2) is 0 Å². The molecule has 1 N–H and O–H groups in total. The summed E-state index contributed by atoms with van der Waals surface area (Å²) in [5.74, 6) is 2.81. The molecular weight excluding hydrogens is 440 g/mol. The smallest absolute Gasteiger partial charge is 0.132 e. The molecule has 0 aliphatic rings. The minimum Gasteiger partial charge on any atom is -0.507 e. The molecule has 0 aliphatic heterocycles. The quantitative estimate of drug-likeness (QED) is 0.401. The third-order valence-electron chi connectivity index (χ3n) is 6.27. The number of benzene rings is 3. The average Bonchev–Trinajstić information content (AvgIpc) is 2.81. The first-order valence-corrected chi connectivity index (χ1v) is 11.7. The summed E-state index contributed by atoms with van der Waals surface area (Å²) in [6.45, 7) is 12.9. The van der Waals surface area contributed by atoms with E-state index in [1.807, 2.05) is 36.4 Å². The van der Waals surface area contributed by atoms with Crippen LogP contribution >= 0.6 is 0 Å². The van der Waals surface area contributed by atoms with E-state index in [-0.39, 0.29) is 16.6 Å². The van der Waals surface area contributed by atoms with Crippen LogP contribution in [0.15, 0.2) is 42.5 Å². The first kappa shape index (κ1) is 26.3. The van der Waals surface area contributed by atoms with Gasteiger partial charge < -0.3 is 24.1 Å². The maximum atomic E-state index is 12.1. The number of phenols is 1. The van der Waals surface area contributed by atoms with Crippen LogP contribution in [0.5, 0.6) is 28.7 Å². The molecular formula is C30H38O5. The highest BCUT2D eigenvalue weighted by molar-refractivity contribution is 5.91. The van der Waals surface area contributed by atoms with Crippen molar-refractivity contribution < 1.29 is 24.1 Å². The normalized spacial score (nSPS) is 11.8. The minimum absolute atomic E-state index is 0.189. The molecule has 0 unspecified atom stereocenters. The Morgan fingerprint density at radius 1 is 0.543 bits per heavy atom. The molecule has 0 atom stereocenters. The van der Waals surface area contributed by atoms with Gasteiger partial charge in [-0.15, -0.1) is 0 Å². The fourth-order valence-electron chi connectivity index (χ4n) is 4.41. The van der Waals surface area contributed by atoms with Crippen LogP contribution in [0.2, 0.25) is 0 Å². The molecule has 3 rings (SSSR count). The first-order valence-electron chi connectivity index (χ1n) is 11.7. The Kier molecular flexibility index (Phi) is 7.30. The lowest BCUT2D eigenvalue weighted by atomic mass is 9.73. The number of methoxy groups -OCH3 is 4. The lowest BCUT2D eigenvalue weighted by molar-refractivity contribution is 0.394. The first-order chi connectivity index (χ1) is 16.4. The summed E-state index contributed by atoms with van der Waals surface area (Å²) >= 11 is 0. The zero-order valence-electron chi connectivity index (χ0n) is 22.6. The summed E-state index contributed by atoms with van der Waals surface area (Å²) in [6, 6.07) is 13.5. The molecule has 5 heteroatoms. The second-order valence-electron chi connectivity index (χ2n) is 10.7. The lowest BCUT2D eigenvalue weighted by Crippen LogP contribution is -2.19. The highest BCUT2D eigenvalue weighted by Crippen LogP contribution is 2.53. The molecule has 188 valence electrons. The van der Waals surface area contributed by atoms with Crippen molar-refractivity contribution in [3.05, 3.63) is 53.6 Å². The summed E-state index contributed by atoms with van der Waals surface area (Å²) < 4.78 is 22.3. The number of phenolic OH excluding ortho intramolecular Hbond substituents is 1. The van der Waals surface area contributed by atoms with Crippen LogP contribution in [0.3, 0.4) is 0 Å². The molecule has 3 aromatic rings. The Morgan fingerprint density at radius 3 is 1.20 bits per heavy atom. The number of rotatable bonds is 6. The molecule has 0 aromatic heterocycles. The van der Waals surface area contributed by atoms with Crippen LogP contribution in [0.4, 0.5) is 0 Å². The van der Waals surface area contributed by atoms with Crippen molar-refractivity contribution in [1.82, 2.24) is 0 Å². The van der Waals surface area contributed by atoms with Gasteiger partial charge in [0.25, 0.3) is 0 Å². The van der Waals surface area contributed by atoms with Crippen molar-refractivity contribution in [2.45, 2.75) is 52.4 Å². The van der Waals surface area contributed by atoms with Crippen LogP contribution in [0.1, 0.15) is 52.7 Å². The fourth-order valence-corrected chi connectivity index (χ4v) is 4.41. The summed E-state index contributed by atoms with van der Waals surface area (Å²) in [7, 11) is 6.50. The van der Waals surface area contributed by atoms with Crippen molar-refractivity contribution in [3.63, 3.8) is 0 Å². The number of hydrogen-bond acceptors (Lipinski definition) is 5. The van der Waals surface area contributed by atoms with Gasteiger partial charge in [-0.05, 0) is 46.2 Å². The van der Waals surface area contributed by atoms with Crippen LogP contribution in [-0.4, -0.2) is 33.5 Å². The summed E-state index contributed by atoms with van der Waals surface area (Å²) in [5.41, 5.74) is 4.62. The maximum Gasteiger partial charge on any atom is 0.132 e. The van der Waals surface area contributed by atoms with Crippen LogP contribution < -0.4 is 18.9 Å². The van der Waals surface area contributed by atoms with Gasteiger partial charge in [0, 0.05) is 34.4 Å². The largest absolute Gasteiger partial charge is 0.507 e. The van der Waals surface area contributed by atoms with Gasteiger partial charge in [-0.1, -0.05) is 47.6 Å². The monoisotopic (exact) mass is 478 g/mol. The Hall–Kier alpha value is -3.34. The Labute approximate surface area is 209 Å².